The number of aromatic amines is 1. The third-order valence-corrected chi connectivity index (χ3v) is 4.78. The number of halogens is 1. The summed E-state index contributed by atoms with van der Waals surface area (Å²) in [4.78, 5) is 25.1. The summed E-state index contributed by atoms with van der Waals surface area (Å²) in [7, 11) is 0. The Balaban J connectivity index is 1.76. The van der Waals surface area contributed by atoms with Gasteiger partial charge in [0.25, 0.3) is 5.91 Å². The fourth-order valence-electron chi connectivity index (χ4n) is 2.64. The fraction of sp³-hybridized carbons (Fsp3) is 0.615. The first kappa shape index (κ1) is 13.6. The van der Waals surface area contributed by atoms with E-state index in [-0.39, 0.29) is 12.5 Å². The third-order valence-electron chi connectivity index (χ3n) is 3.98. The SMILES string of the molecule is O=C(O)C1CCCN(C(=O)c2n[nH]c(C3CC3)c2Br)C1. The number of carboxylic acid groups (broad SMARTS) is 1. The Kier molecular flexibility index (Phi) is 3.54. The number of H-pyrrole nitrogens is 1. The minimum absolute atomic E-state index is 0.189. The quantitative estimate of drug-likeness (QED) is 0.880. The minimum atomic E-state index is -0.831. The molecular formula is C13H16BrN3O3. The summed E-state index contributed by atoms with van der Waals surface area (Å²) >= 11 is 3.45. The summed E-state index contributed by atoms with van der Waals surface area (Å²) in [5.41, 5.74) is 1.36. The van der Waals surface area contributed by atoms with Crippen molar-refractivity contribution in [1.82, 2.24) is 15.1 Å². The summed E-state index contributed by atoms with van der Waals surface area (Å²) in [5.74, 6) is -1.01. The van der Waals surface area contributed by atoms with Crippen LogP contribution in [0.3, 0.4) is 0 Å². The Morgan fingerprint density at radius 3 is 2.75 bits per heavy atom. The summed E-state index contributed by atoms with van der Waals surface area (Å²) < 4.78 is 0.738. The van der Waals surface area contributed by atoms with E-state index >= 15 is 0 Å². The smallest absolute Gasteiger partial charge is 0.308 e. The molecule has 1 aromatic rings. The van der Waals surface area contributed by atoms with Gasteiger partial charge in [0.2, 0.25) is 0 Å². The van der Waals surface area contributed by atoms with Gasteiger partial charge in [0, 0.05) is 19.0 Å². The number of rotatable bonds is 3. The summed E-state index contributed by atoms with van der Waals surface area (Å²) in [6, 6.07) is 0. The molecule has 1 saturated carbocycles. The zero-order valence-electron chi connectivity index (χ0n) is 10.9. The number of piperidine rings is 1. The summed E-state index contributed by atoms with van der Waals surface area (Å²) in [5, 5.41) is 16.1. The predicted molar refractivity (Wildman–Crippen MR) is 74.5 cm³/mol. The standard InChI is InChI=1S/C13H16BrN3O3/c14-9-10(7-3-4-7)15-16-11(9)12(18)17-5-1-2-8(6-17)13(19)20/h7-8H,1-6H2,(H,15,16)(H,19,20). The Labute approximate surface area is 124 Å². The van der Waals surface area contributed by atoms with Gasteiger partial charge < -0.3 is 10.0 Å². The highest BCUT2D eigenvalue weighted by molar-refractivity contribution is 9.10. The van der Waals surface area contributed by atoms with E-state index in [9.17, 15) is 9.59 Å². The van der Waals surface area contributed by atoms with Crippen molar-refractivity contribution in [1.29, 1.82) is 0 Å². The van der Waals surface area contributed by atoms with E-state index in [1.807, 2.05) is 0 Å². The number of aliphatic carboxylic acids is 1. The van der Waals surface area contributed by atoms with Crippen molar-refractivity contribution >= 4 is 27.8 Å². The minimum Gasteiger partial charge on any atom is -0.481 e. The van der Waals surface area contributed by atoms with E-state index in [4.69, 9.17) is 5.11 Å². The molecule has 0 aromatic carbocycles. The van der Waals surface area contributed by atoms with Gasteiger partial charge in [-0.3, -0.25) is 14.7 Å². The van der Waals surface area contributed by atoms with Crippen molar-refractivity contribution in [2.24, 2.45) is 5.92 Å². The molecule has 1 amide bonds. The molecule has 1 aliphatic carbocycles. The van der Waals surface area contributed by atoms with Crippen LogP contribution in [0.1, 0.15) is 47.8 Å². The Hall–Kier alpha value is -1.37. The molecule has 1 saturated heterocycles. The molecule has 1 unspecified atom stereocenters. The van der Waals surface area contributed by atoms with Gasteiger partial charge in [-0.15, -0.1) is 0 Å². The van der Waals surface area contributed by atoms with Gasteiger partial charge in [0.05, 0.1) is 16.1 Å². The van der Waals surface area contributed by atoms with E-state index in [0.29, 0.717) is 24.6 Å². The molecular weight excluding hydrogens is 326 g/mol. The van der Waals surface area contributed by atoms with Crippen LogP contribution in [0.5, 0.6) is 0 Å². The van der Waals surface area contributed by atoms with Crippen LogP contribution in [0.4, 0.5) is 0 Å². The van der Waals surface area contributed by atoms with Crippen LogP contribution >= 0.6 is 15.9 Å². The molecule has 108 valence electrons. The first-order chi connectivity index (χ1) is 9.58. The molecule has 2 aliphatic rings. The van der Waals surface area contributed by atoms with E-state index in [2.05, 4.69) is 26.1 Å². The number of nitrogens with zero attached hydrogens (tertiary/aromatic N) is 2. The van der Waals surface area contributed by atoms with Gasteiger partial charge in [-0.1, -0.05) is 0 Å². The van der Waals surface area contributed by atoms with Crippen molar-refractivity contribution in [3.05, 3.63) is 15.9 Å². The molecule has 0 spiro atoms. The topological polar surface area (TPSA) is 86.3 Å². The zero-order chi connectivity index (χ0) is 14.3. The van der Waals surface area contributed by atoms with Crippen LogP contribution in [0.15, 0.2) is 4.47 Å². The first-order valence-electron chi connectivity index (χ1n) is 6.83. The van der Waals surface area contributed by atoms with Crippen LogP contribution in [-0.4, -0.2) is 45.2 Å². The number of carboxylic acids is 1. The van der Waals surface area contributed by atoms with E-state index in [1.54, 1.807) is 4.90 Å². The maximum Gasteiger partial charge on any atom is 0.308 e. The van der Waals surface area contributed by atoms with Crippen molar-refractivity contribution in [3.8, 4) is 0 Å². The largest absolute Gasteiger partial charge is 0.481 e. The van der Waals surface area contributed by atoms with Gasteiger partial charge >= 0.3 is 5.97 Å². The van der Waals surface area contributed by atoms with Crippen molar-refractivity contribution in [3.63, 3.8) is 0 Å². The highest BCUT2D eigenvalue weighted by Gasteiger charge is 2.34. The summed E-state index contributed by atoms with van der Waals surface area (Å²) in [6.07, 6.45) is 3.60. The van der Waals surface area contributed by atoms with Crippen LogP contribution in [0, 0.1) is 5.92 Å². The molecule has 7 heteroatoms. The van der Waals surface area contributed by atoms with Crippen LogP contribution in [0.25, 0.3) is 0 Å². The molecule has 1 aliphatic heterocycles. The first-order valence-corrected chi connectivity index (χ1v) is 7.63. The monoisotopic (exact) mass is 341 g/mol. The molecule has 0 bridgehead atoms. The van der Waals surface area contributed by atoms with Crippen LogP contribution in [-0.2, 0) is 4.79 Å². The highest BCUT2D eigenvalue weighted by atomic mass is 79.9. The zero-order valence-corrected chi connectivity index (χ0v) is 12.5. The number of carbonyl (C=O) groups is 2. The number of carbonyl (C=O) groups excluding carboxylic acids is 1. The number of hydrogen-bond acceptors (Lipinski definition) is 3. The van der Waals surface area contributed by atoms with E-state index < -0.39 is 11.9 Å². The predicted octanol–water partition coefficient (Wildman–Crippen LogP) is 1.99. The fourth-order valence-corrected chi connectivity index (χ4v) is 3.31. The number of nitrogens with one attached hydrogen (secondary N) is 1. The number of likely N-dealkylation sites (tertiary alicyclic amines) is 1. The second-order valence-corrected chi connectivity index (χ2v) is 6.30. The van der Waals surface area contributed by atoms with Crippen molar-refractivity contribution in [2.75, 3.05) is 13.1 Å². The normalized spacial score (nSPS) is 22.9. The Bertz CT molecular complexity index is 553. The second-order valence-electron chi connectivity index (χ2n) is 5.50. The van der Waals surface area contributed by atoms with Gasteiger partial charge in [-0.25, -0.2) is 0 Å². The number of hydrogen-bond donors (Lipinski definition) is 2. The number of aromatic nitrogens is 2. The van der Waals surface area contributed by atoms with Gasteiger partial charge in [-0.05, 0) is 41.6 Å². The van der Waals surface area contributed by atoms with Gasteiger partial charge in [0.15, 0.2) is 5.69 Å². The summed E-state index contributed by atoms with van der Waals surface area (Å²) in [6.45, 7) is 0.868. The lowest BCUT2D eigenvalue weighted by molar-refractivity contribution is -0.143. The lowest BCUT2D eigenvalue weighted by Crippen LogP contribution is -2.42. The molecule has 20 heavy (non-hydrogen) atoms. The second kappa shape index (κ2) is 5.20. The average molecular weight is 342 g/mol. The lowest BCUT2D eigenvalue weighted by atomic mass is 9.98. The van der Waals surface area contributed by atoms with E-state index in [1.165, 1.54) is 0 Å². The van der Waals surface area contributed by atoms with Gasteiger partial charge in [0.1, 0.15) is 0 Å². The Morgan fingerprint density at radius 2 is 2.10 bits per heavy atom. The molecule has 3 rings (SSSR count). The van der Waals surface area contributed by atoms with Gasteiger partial charge in [-0.2, -0.15) is 5.10 Å². The number of amides is 1. The highest BCUT2D eigenvalue weighted by Crippen LogP contribution is 2.43. The molecule has 6 nitrogen and oxygen atoms in total. The van der Waals surface area contributed by atoms with E-state index in [0.717, 1.165) is 29.4 Å². The average Bonchev–Trinajstić information content (AvgIpc) is 3.21. The molecule has 2 heterocycles. The molecule has 0 radical (unpaired) electrons. The molecule has 1 aromatic heterocycles. The molecule has 2 N–H and O–H groups in total. The maximum absolute atomic E-state index is 12.5. The van der Waals surface area contributed by atoms with Crippen molar-refractivity contribution < 1.29 is 14.7 Å². The third kappa shape index (κ3) is 2.46. The maximum atomic E-state index is 12.5. The lowest BCUT2D eigenvalue weighted by Gasteiger charge is -2.30. The van der Waals surface area contributed by atoms with Crippen LogP contribution in [0.2, 0.25) is 0 Å². The Morgan fingerprint density at radius 1 is 1.35 bits per heavy atom. The van der Waals surface area contributed by atoms with Crippen LogP contribution < -0.4 is 0 Å². The van der Waals surface area contributed by atoms with Crippen molar-refractivity contribution in [2.45, 2.75) is 31.6 Å². The molecule has 1 atom stereocenters. The molecule has 2 fully saturated rings.